The van der Waals surface area contributed by atoms with Crippen molar-refractivity contribution in [1.82, 2.24) is 15.1 Å². The predicted octanol–water partition coefficient (Wildman–Crippen LogP) is 5.81. The van der Waals surface area contributed by atoms with Gasteiger partial charge in [-0.3, -0.25) is 4.79 Å². The van der Waals surface area contributed by atoms with Crippen molar-refractivity contribution in [2.45, 2.75) is 25.1 Å². The van der Waals surface area contributed by atoms with Crippen molar-refractivity contribution in [1.29, 1.82) is 0 Å². The summed E-state index contributed by atoms with van der Waals surface area (Å²) in [6, 6.07) is 12.7. The summed E-state index contributed by atoms with van der Waals surface area (Å²) in [6.07, 6.45) is -4.33. The third-order valence-corrected chi connectivity index (χ3v) is 8.71. The van der Waals surface area contributed by atoms with Crippen LogP contribution in [-0.4, -0.2) is 41.2 Å². The molecule has 2 heterocycles. The summed E-state index contributed by atoms with van der Waals surface area (Å²) in [6.45, 7) is 1.66. The highest BCUT2D eigenvalue weighted by molar-refractivity contribution is 7.91. The van der Waals surface area contributed by atoms with Crippen molar-refractivity contribution >= 4 is 38.2 Å². The van der Waals surface area contributed by atoms with Crippen LogP contribution in [0.15, 0.2) is 60.7 Å². The Labute approximate surface area is 220 Å². The molecule has 0 spiro atoms. The van der Waals surface area contributed by atoms with Crippen LogP contribution < -0.4 is 5.32 Å². The van der Waals surface area contributed by atoms with Gasteiger partial charge >= 0.3 is 6.18 Å². The second-order valence-electron chi connectivity index (χ2n) is 9.52. The molecule has 1 aliphatic heterocycles. The van der Waals surface area contributed by atoms with E-state index in [2.05, 4.69) is 10.4 Å². The van der Waals surface area contributed by atoms with Crippen molar-refractivity contribution in [3.8, 4) is 16.9 Å². The van der Waals surface area contributed by atoms with E-state index in [1.54, 1.807) is 6.92 Å². The van der Waals surface area contributed by atoms with Gasteiger partial charge in [-0.1, -0.05) is 11.6 Å². The van der Waals surface area contributed by atoms with Gasteiger partial charge in [0.2, 0.25) is 0 Å². The van der Waals surface area contributed by atoms with Crippen LogP contribution in [0.3, 0.4) is 0 Å². The fourth-order valence-corrected chi connectivity index (χ4v) is 6.87. The van der Waals surface area contributed by atoms with Crippen LogP contribution in [0.4, 0.5) is 17.6 Å². The minimum absolute atomic E-state index is 0.0265. The standard InChI is InChI=1S/C26H20ClF4N3O3S/c1-25(10-11-38(36,37)14-25)32-24(35)15-2-8-19-22(12-15)34(18-6-4-17(28)5-7-18)33-23(19)20-13-16(26(29,30)31)3-9-21(20)27/h2-9,12-13H,10-11,14H2,1H3,(H,32,35). The van der Waals surface area contributed by atoms with E-state index in [1.807, 2.05) is 0 Å². The first-order valence-corrected chi connectivity index (χ1v) is 13.6. The number of nitrogens with one attached hydrogen (secondary N) is 1. The van der Waals surface area contributed by atoms with Gasteiger partial charge < -0.3 is 5.32 Å². The summed E-state index contributed by atoms with van der Waals surface area (Å²) in [7, 11) is -3.26. The molecule has 0 aliphatic carbocycles. The van der Waals surface area contributed by atoms with Gasteiger partial charge in [-0.2, -0.15) is 18.3 Å². The number of rotatable bonds is 4. The molecular formula is C26H20ClF4N3O3S. The molecule has 0 radical (unpaired) electrons. The van der Waals surface area contributed by atoms with E-state index in [-0.39, 0.29) is 39.8 Å². The zero-order chi connectivity index (χ0) is 27.5. The Morgan fingerprint density at radius 1 is 1.08 bits per heavy atom. The Balaban J connectivity index is 1.65. The van der Waals surface area contributed by atoms with E-state index >= 15 is 0 Å². The summed E-state index contributed by atoms with van der Waals surface area (Å²) in [5.74, 6) is -1.22. The smallest absolute Gasteiger partial charge is 0.346 e. The summed E-state index contributed by atoms with van der Waals surface area (Å²) < 4.78 is 79.2. The second kappa shape index (κ2) is 9.09. The SMILES string of the molecule is CC1(NC(=O)c2ccc3c(-c4cc(C(F)(F)F)ccc4Cl)nn(-c4ccc(F)cc4)c3c2)CCS(=O)(=O)C1. The van der Waals surface area contributed by atoms with E-state index in [0.29, 0.717) is 16.6 Å². The van der Waals surface area contributed by atoms with E-state index in [9.17, 15) is 30.8 Å². The summed E-state index contributed by atoms with van der Waals surface area (Å²) in [4.78, 5) is 13.1. The number of amides is 1. The average Bonchev–Trinajstić information content (AvgIpc) is 3.34. The number of sulfone groups is 1. The monoisotopic (exact) mass is 565 g/mol. The topological polar surface area (TPSA) is 81.1 Å². The summed E-state index contributed by atoms with van der Waals surface area (Å²) in [5.41, 5.74) is -0.715. The van der Waals surface area contributed by atoms with Gasteiger partial charge in [0, 0.05) is 16.5 Å². The van der Waals surface area contributed by atoms with E-state index in [4.69, 9.17) is 11.6 Å². The fraction of sp³-hybridized carbons (Fsp3) is 0.231. The molecule has 1 atom stereocenters. The number of benzene rings is 3. The van der Waals surface area contributed by atoms with E-state index in [0.717, 1.165) is 18.2 Å². The minimum atomic E-state index is -4.61. The van der Waals surface area contributed by atoms with E-state index < -0.39 is 38.8 Å². The van der Waals surface area contributed by atoms with Gasteiger partial charge in [-0.15, -0.1) is 0 Å². The van der Waals surface area contributed by atoms with Crippen LogP contribution in [0, 0.1) is 5.82 Å². The first-order valence-electron chi connectivity index (χ1n) is 11.4. The summed E-state index contributed by atoms with van der Waals surface area (Å²) >= 11 is 6.29. The first-order chi connectivity index (χ1) is 17.7. The number of carbonyl (C=O) groups excluding carboxylic acids is 1. The number of carbonyl (C=O) groups is 1. The largest absolute Gasteiger partial charge is 0.416 e. The maximum atomic E-state index is 13.6. The molecule has 1 N–H and O–H groups in total. The Morgan fingerprint density at radius 3 is 2.42 bits per heavy atom. The van der Waals surface area contributed by atoms with Crippen molar-refractivity contribution in [3.05, 3.63) is 82.6 Å². The van der Waals surface area contributed by atoms with Crippen molar-refractivity contribution in [2.75, 3.05) is 11.5 Å². The Hall–Kier alpha value is -3.44. The molecule has 1 aliphatic rings. The van der Waals surface area contributed by atoms with Crippen LogP contribution in [0.2, 0.25) is 5.02 Å². The molecule has 12 heteroatoms. The maximum Gasteiger partial charge on any atom is 0.416 e. The molecule has 38 heavy (non-hydrogen) atoms. The lowest BCUT2D eigenvalue weighted by Gasteiger charge is -2.23. The third kappa shape index (κ3) is 5.00. The quantitative estimate of drug-likeness (QED) is 0.317. The van der Waals surface area contributed by atoms with Gasteiger partial charge in [0.15, 0.2) is 9.84 Å². The summed E-state index contributed by atoms with van der Waals surface area (Å²) in [5, 5.41) is 7.74. The van der Waals surface area contributed by atoms with Gasteiger partial charge in [0.1, 0.15) is 11.5 Å². The Bertz CT molecular complexity index is 1680. The van der Waals surface area contributed by atoms with E-state index in [1.165, 1.54) is 47.1 Å². The first kappa shape index (κ1) is 26.2. The molecule has 1 amide bonds. The minimum Gasteiger partial charge on any atom is -0.346 e. The van der Waals surface area contributed by atoms with Crippen molar-refractivity contribution < 1.29 is 30.8 Å². The van der Waals surface area contributed by atoms with Gasteiger partial charge in [0.25, 0.3) is 5.91 Å². The number of halogens is 5. The Morgan fingerprint density at radius 2 is 1.79 bits per heavy atom. The number of aromatic nitrogens is 2. The molecular weight excluding hydrogens is 546 g/mol. The maximum absolute atomic E-state index is 13.6. The predicted molar refractivity (Wildman–Crippen MR) is 136 cm³/mol. The number of hydrogen-bond acceptors (Lipinski definition) is 4. The average molecular weight is 566 g/mol. The normalized spacial score (nSPS) is 19.1. The molecule has 4 aromatic rings. The third-order valence-electron chi connectivity index (χ3n) is 6.48. The highest BCUT2D eigenvalue weighted by Gasteiger charge is 2.39. The molecule has 3 aromatic carbocycles. The van der Waals surface area contributed by atoms with Crippen LogP contribution in [0.25, 0.3) is 27.8 Å². The molecule has 1 unspecified atom stereocenters. The molecule has 198 valence electrons. The number of hydrogen-bond donors (Lipinski definition) is 1. The molecule has 1 fully saturated rings. The van der Waals surface area contributed by atoms with Crippen LogP contribution in [-0.2, 0) is 16.0 Å². The molecule has 6 nitrogen and oxygen atoms in total. The molecule has 0 saturated carbocycles. The molecule has 1 saturated heterocycles. The van der Waals surface area contributed by atoms with Gasteiger partial charge in [-0.25, -0.2) is 17.5 Å². The van der Waals surface area contributed by atoms with Gasteiger partial charge in [-0.05, 0) is 74.0 Å². The molecule has 5 rings (SSSR count). The molecule has 1 aromatic heterocycles. The zero-order valence-electron chi connectivity index (χ0n) is 19.8. The highest BCUT2D eigenvalue weighted by atomic mass is 35.5. The fourth-order valence-electron chi connectivity index (χ4n) is 4.57. The lowest BCUT2D eigenvalue weighted by Crippen LogP contribution is -2.46. The number of nitrogens with zero attached hydrogens (tertiary/aromatic N) is 2. The second-order valence-corrected chi connectivity index (χ2v) is 12.1. The lowest BCUT2D eigenvalue weighted by molar-refractivity contribution is -0.137. The van der Waals surface area contributed by atoms with Crippen LogP contribution >= 0.6 is 11.6 Å². The zero-order valence-corrected chi connectivity index (χ0v) is 21.4. The van der Waals surface area contributed by atoms with Crippen LogP contribution in [0.1, 0.15) is 29.3 Å². The van der Waals surface area contributed by atoms with Gasteiger partial charge in [0.05, 0.1) is 38.8 Å². The van der Waals surface area contributed by atoms with Crippen LogP contribution in [0.5, 0.6) is 0 Å². The number of fused-ring (bicyclic) bond motifs is 1. The highest BCUT2D eigenvalue weighted by Crippen LogP contribution is 2.39. The number of alkyl halides is 3. The van der Waals surface area contributed by atoms with Crippen molar-refractivity contribution in [3.63, 3.8) is 0 Å². The Kier molecular flexibility index (Phi) is 6.26. The van der Waals surface area contributed by atoms with Crippen molar-refractivity contribution in [2.24, 2.45) is 0 Å². The molecule has 0 bridgehead atoms. The lowest BCUT2D eigenvalue weighted by atomic mass is 10.0.